The smallest absolute Gasteiger partial charge is 0.0538 e. The topological polar surface area (TPSA) is 15.8 Å². The second-order valence-electron chi connectivity index (χ2n) is 6.26. The Morgan fingerprint density at radius 1 is 0.773 bits per heavy atom. The van der Waals surface area contributed by atoms with Crippen LogP contribution in [0.3, 0.4) is 0 Å². The molecule has 0 spiro atoms. The molecule has 2 bridgehead atoms. The summed E-state index contributed by atoms with van der Waals surface area (Å²) in [5.74, 6) is 0.675. The number of fused-ring (bicyclic) bond motifs is 5. The lowest BCUT2D eigenvalue weighted by Gasteiger charge is -2.09. The standard InChI is InChI=1S/C21H17N/c1-3-7-14(8-4-1)20-18-16-11-12-17(13-16)19(18)21(22-20)15-9-5-2-6-10-15/h1-11,17,22H,12-13H2. The maximum atomic E-state index is 3.74. The number of hydrogen-bond acceptors (Lipinski definition) is 0. The first-order chi connectivity index (χ1) is 10.9. The molecule has 22 heavy (non-hydrogen) atoms. The van der Waals surface area contributed by atoms with Crippen LogP contribution in [0.1, 0.15) is 29.9 Å². The van der Waals surface area contributed by atoms with Crippen molar-refractivity contribution in [2.24, 2.45) is 0 Å². The highest BCUT2D eigenvalue weighted by molar-refractivity contribution is 5.92. The van der Waals surface area contributed by atoms with Crippen molar-refractivity contribution in [2.75, 3.05) is 0 Å². The molecule has 1 unspecified atom stereocenters. The molecule has 2 aliphatic rings. The number of benzene rings is 2. The second-order valence-corrected chi connectivity index (χ2v) is 6.26. The predicted molar refractivity (Wildman–Crippen MR) is 91.6 cm³/mol. The van der Waals surface area contributed by atoms with Crippen LogP contribution in [0.25, 0.3) is 28.1 Å². The highest BCUT2D eigenvalue weighted by Gasteiger charge is 2.37. The van der Waals surface area contributed by atoms with E-state index in [9.17, 15) is 0 Å². The summed E-state index contributed by atoms with van der Waals surface area (Å²) in [5.41, 5.74) is 9.76. The zero-order chi connectivity index (χ0) is 14.5. The Morgan fingerprint density at radius 3 is 2.09 bits per heavy atom. The number of aromatic amines is 1. The van der Waals surface area contributed by atoms with Crippen molar-refractivity contribution in [2.45, 2.75) is 18.8 Å². The minimum atomic E-state index is 0.675. The van der Waals surface area contributed by atoms with Crippen LogP contribution < -0.4 is 0 Å². The largest absolute Gasteiger partial charge is 0.354 e. The van der Waals surface area contributed by atoms with Crippen LogP contribution in [0.2, 0.25) is 0 Å². The Bertz CT molecular complexity index is 869. The molecule has 0 radical (unpaired) electrons. The van der Waals surface area contributed by atoms with Crippen LogP contribution in [-0.4, -0.2) is 4.98 Å². The summed E-state index contributed by atoms with van der Waals surface area (Å²) in [6, 6.07) is 21.5. The van der Waals surface area contributed by atoms with Gasteiger partial charge in [0.1, 0.15) is 0 Å². The summed E-state index contributed by atoms with van der Waals surface area (Å²) in [6.07, 6.45) is 4.86. The van der Waals surface area contributed by atoms with Gasteiger partial charge in [0.15, 0.2) is 0 Å². The van der Waals surface area contributed by atoms with Gasteiger partial charge in [0.25, 0.3) is 0 Å². The first-order valence-corrected chi connectivity index (χ1v) is 7.98. The summed E-state index contributed by atoms with van der Waals surface area (Å²) in [7, 11) is 0. The van der Waals surface area contributed by atoms with Gasteiger partial charge in [0, 0.05) is 5.56 Å². The van der Waals surface area contributed by atoms with E-state index in [0.717, 1.165) is 0 Å². The lowest BCUT2D eigenvalue weighted by Crippen LogP contribution is -1.92. The Morgan fingerprint density at radius 2 is 1.41 bits per heavy atom. The molecule has 0 aliphatic heterocycles. The monoisotopic (exact) mass is 283 g/mol. The van der Waals surface area contributed by atoms with Gasteiger partial charge in [-0.2, -0.15) is 0 Å². The number of H-pyrrole nitrogens is 1. The number of aromatic nitrogens is 1. The molecule has 2 aliphatic carbocycles. The molecular weight excluding hydrogens is 266 g/mol. The molecule has 1 aromatic heterocycles. The van der Waals surface area contributed by atoms with Crippen molar-refractivity contribution in [3.8, 4) is 22.5 Å². The first-order valence-electron chi connectivity index (χ1n) is 7.98. The molecule has 1 N–H and O–H groups in total. The molecule has 1 nitrogen and oxygen atoms in total. The molecular formula is C21H17N. The van der Waals surface area contributed by atoms with Gasteiger partial charge in [0.05, 0.1) is 11.4 Å². The van der Waals surface area contributed by atoms with Crippen molar-refractivity contribution >= 4 is 5.57 Å². The van der Waals surface area contributed by atoms with Crippen molar-refractivity contribution in [3.63, 3.8) is 0 Å². The molecule has 0 saturated carbocycles. The van der Waals surface area contributed by atoms with E-state index in [1.165, 1.54) is 46.5 Å². The fraction of sp³-hybridized carbons (Fsp3) is 0.143. The Labute approximate surface area is 130 Å². The van der Waals surface area contributed by atoms with Gasteiger partial charge in [-0.3, -0.25) is 0 Å². The average molecular weight is 283 g/mol. The molecule has 106 valence electrons. The third-order valence-electron chi connectivity index (χ3n) is 5.01. The van der Waals surface area contributed by atoms with Crippen molar-refractivity contribution in [3.05, 3.63) is 77.9 Å². The second kappa shape index (κ2) is 4.48. The molecule has 0 amide bonds. The van der Waals surface area contributed by atoms with E-state index in [0.29, 0.717) is 5.92 Å². The summed E-state index contributed by atoms with van der Waals surface area (Å²) < 4.78 is 0. The SMILES string of the molecule is C1=C2CC(C1)c1c(-c3ccccc3)[nH]c(-c3ccccc3)c12. The fourth-order valence-corrected chi connectivity index (χ4v) is 4.05. The Balaban J connectivity index is 1.79. The van der Waals surface area contributed by atoms with Gasteiger partial charge >= 0.3 is 0 Å². The van der Waals surface area contributed by atoms with Crippen LogP contribution in [0.4, 0.5) is 0 Å². The van der Waals surface area contributed by atoms with Gasteiger partial charge in [-0.15, -0.1) is 0 Å². The van der Waals surface area contributed by atoms with Crippen molar-refractivity contribution in [1.82, 2.24) is 4.98 Å². The summed E-state index contributed by atoms with van der Waals surface area (Å²) in [5, 5.41) is 0. The van der Waals surface area contributed by atoms with Gasteiger partial charge in [-0.25, -0.2) is 0 Å². The Kier molecular flexibility index (Phi) is 2.45. The van der Waals surface area contributed by atoms with Crippen LogP contribution in [0.15, 0.2) is 66.7 Å². The molecule has 1 heterocycles. The van der Waals surface area contributed by atoms with Crippen LogP contribution >= 0.6 is 0 Å². The summed E-state index contributed by atoms with van der Waals surface area (Å²) in [4.78, 5) is 3.74. The molecule has 0 saturated heterocycles. The van der Waals surface area contributed by atoms with Crippen LogP contribution in [0, 0.1) is 0 Å². The number of nitrogens with one attached hydrogen (secondary N) is 1. The lowest BCUT2D eigenvalue weighted by atomic mass is 9.93. The quantitative estimate of drug-likeness (QED) is 0.628. The average Bonchev–Trinajstić information content (AvgIpc) is 3.29. The highest BCUT2D eigenvalue weighted by Crippen LogP contribution is 2.55. The minimum Gasteiger partial charge on any atom is -0.354 e. The fourth-order valence-electron chi connectivity index (χ4n) is 4.05. The van der Waals surface area contributed by atoms with E-state index in [1.807, 2.05) is 0 Å². The minimum absolute atomic E-state index is 0.675. The molecule has 0 fully saturated rings. The molecule has 1 heteroatoms. The van der Waals surface area contributed by atoms with E-state index < -0.39 is 0 Å². The van der Waals surface area contributed by atoms with Gasteiger partial charge in [-0.1, -0.05) is 66.7 Å². The first kappa shape index (κ1) is 12.0. The zero-order valence-electron chi connectivity index (χ0n) is 12.3. The highest BCUT2D eigenvalue weighted by atomic mass is 14.8. The lowest BCUT2D eigenvalue weighted by molar-refractivity contribution is 0.781. The summed E-state index contributed by atoms with van der Waals surface area (Å²) >= 11 is 0. The molecule has 3 aromatic rings. The van der Waals surface area contributed by atoms with Crippen LogP contribution in [0.5, 0.6) is 0 Å². The van der Waals surface area contributed by atoms with Crippen LogP contribution in [-0.2, 0) is 0 Å². The van der Waals surface area contributed by atoms with Crippen molar-refractivity contribution in [1.29, 1.82) is 0 Å². The molecule has 2 aromatic carbocycles. The van der Waals surface area contributed by atoms with Gasteiger partial charge in [-0.05, 0) is 41.0 Å². The van der Waals surface area contributed by atoms with Gasteiger partial charge < -0.3 is 4.98 Å². The van der Waals surface area contributed by atoms with E-state index in [-0.39, 0.29) is 0 Å². The predicted octanol–water partition coefficient (Wildman–Crippen LogP) is 5.62. The van der Waals surface area contributed by atoms with Crippen molar-refractivity contribution < 1.29 is 0 Å². The maximum Gasteiger partial charge on any atom is 0.0538 e. The third kappa shape index (κ3) is 1.59. The van der Waals surface area contributed by atoms with E-state index in [4.69, 9.17) is 0 Å². The molecule has 5 rings (SSSR count). The van der Waals surface area contributed by atoms with E-state index >= 15 is 0 Å². The van der Waals surface area contributed by atoms with Gasteiger partial charge in [0.2, 0.25) is 0 Å². The normalized spacial score (nSPS) is 18.4. The number of rotatable bonds is 2. The maximum absolute atomic E-state index is 3.74. The molecule has 1 atom stereocenters. The zero-order valence-corrected chi connectivity index (χ0v) is 12.3. The number of hydrogen-bond donors (Lipinski definition) is 1. The Hall–Kier alpha value is -2.54. The third-order valence-corrected chi connectivity index (χ3v) is 5.01. The van der Waals surface area contributed by atoms with E-state index in [2.05, 4.69) is 71.7 Å². The number of allylic oxidation sites excluding steroid dienone is 2. The van der Waals surface area contributed by atoms with E-state index in [1.54, 1.807) is 5.56 Å². The summed E-state index contributed by atoms with van der Waals surface area (Å²) in [6.45, 7) is 0.